The lowest BCUT2D eigenvalue weighted by molar-refractivity contribution is -0.131. The lowest BCUT2D eigenvalue weighted by Gasteiger charge is -2.20. The minimum atomic E-state index is 0.159. The molecule has 4 heteroatoms. The Morgan fingerprint density at radius 1 is 1.26 bits per heavy atom. The SMILES string of the molecule is CCCCN(CC)C(=O)CCOc1ccc(N)cc1. The van der Waals surface area contributed by atoms with E-state index in [1.807, 2.05) is 24.0 Å². The fourth-order valence-corrected chi connectivity index (χ4v) is 1.79. The maximum absolute atomic E-state index is 12.0. The molecular weight excluding hydrogens is 240 g/mol. The van der Waals surface area contributed by atoms with Gasteiger partial charge in [-0.3, -0.25) is 4.79 Å². The highest BCUT2D eigenvalue weighted by molar-refractivity contribution is 5.76. The maximum Gasteiger partial charge on any atom is 0.225 e. The number of nitrogens with zero attached hydrogens (tertiary/aromatic N) is 1. The van der Waals surface area contributed by atoms with Gasteiger partial charge in [0.2, 0.25) is 5.91 Å². The predicted octanol–water partition coefficient (Wildman–Crippen LogP) is 2.69. The quantitative estimate of drug-likeness (QED) is 0.734. The highest BCUT2D eigenvalue weighted by Crippen LogP contribution is 2.13. The van der Waals surface area contributed by atoms with E-state index in [9.17, 15) is 4.79 Å². The second kappa shape index (κ2) is 8.40. The normalized spacial score (nSPS) is 10.2. The van der Waals surface area contributed by atoms with Crippen LogP contribution in [0.1, 0.15) is 33.1 Å². The lowest BCUT2D eigenvalue weighted by Crippen LogP contribution is -2.32. The summed E-state index contributed by atoms with van der Waals surface area (Å²) in [5.74, 6) is 0.907. The molecule has 0 saturated heterocycles. The van der Waals surface area contributed by atoms with Crippen LogP contribution in [0.15, 0.2) is 24.3 Å². The highest BCUT2D eigenvalue weighted by atomic mass is 16.5. The van der Waals surface area contributed by atoms with Crippen LogP contribution in [0.4, 0.5) is 5.69 Å². The number of nitrogens with two attached hydrogens (primary N) is 1. The van der Waals surface area contributed by atoms with Gasteiger partial charge in [-0.25, -0.2) is 0 Å². The molecule has 106 valence electrons. The summed E-state index contributed by atoms with van der Waals surface area (Å²) in [6.07, 6.45) is 2.58. The van der Waals surface area contributed by atoms with Crippen molar-refractivity contribution in [3.63, 3.8) is 0 Å². The van der Waals surface area contributed by atoms with Gasteiger partial charge in [0.1, 0.15) is 5.75 Å². The Labute approximate surface area is 115 Å². The fraction of sp³-hybridized carbons (Fsp3) is 0.533. The van der Waals surface area contributed by atoms with E-state index in [0.717, 1.165) is 31.7 Å². The first kappa shape index (κ1) is 15.3. The molecule has 1 aromatic carbocycles. The minimum Gasteiger partial charge on any atom is -0.493 e. The molecule has 1 rings (SSSR count). The Kier molecular flexibility index (Phi) is 6.79. The molecule has 0 spiro atoms. The smallest absolute Gasteiger partial charge is 0.225 e. The Morgan fingerprint density at radius 3 is 2.53 bits per heavy atom. The van der Waals surface area contributed by atoms with E-state index in [2.05, 4.69) is 6.92 Å². The Morgan fingerprint density at radius 2 is 1.95 bits per heavy atom. The molecule has 0 unspecified atom stereocenters. The predicted molar refractivity (Wildman–Crippen MR) is 78.1 cm³/mol. The summed E-state index contributed by atoms with van der Waals surface area (Å²) in [4.78, 5) is 13.8. The van der Waals surface area contributed by atoms with Crippen LogP contribution < -0.4 is 10.5 Å². The summed E-state index contributed by atoms with van der Waals surface area (Å²) in [5, 5.41) is 0. The molecule has 0 heterocycles. The Balaban J connectivity index is 2.31. The molecule has 0 aliphatic carbocycles. The number of benzene rings is 1. The zero-order chi connectivity index (χ0) is 14.1. The van der Waals surface area contributed by atoms with Crippen LogP contribution in [0.25, 0.3) is 0 Å². The van der Waals surface area contributed by atoms with Crippen LogP contribution in [-0.2, 0) is 4.79 Å². The van der Waals surface area contributed by atoms with Gasteiger partial charge in [-0.1, -0.05) is 13.3 Å². The molecule has 0 fully saturated rings. The molecule has 0 radical (unpaired) electrons. The van der Waals surface area contributed by atoms with Crippen LogP contribution >= 0.6 is 0 Å². The van der Waals surface area contributed by atoms with Crippen molar-refractivity contribution in [1.82, 2.24) is 4.90 Å². The molecule has 1 amide bonds. The van der Waals surface area contributed by atoms with Gasteiger partial charge in [-0.2, -0.15) is 0 Å². The summed E-state index contributed by atoms with van der Waals surface area (Å²) in [5.41, 5.74) is 6.30. The van der Waals surface area contributed by atoms with E-state index in [1.165, 1.54) is 0 Å². The topological polar surface area (TPSA) is 55.6 Å². The van der Waals surface area contributed by atoms with Crippen molar-refractivity contribution < 1.29 is 9.53 Å². The van der Waals surface area contributed by atoms with Crippen molar-refractivity contribution in [1.29, 1.82) is 0 Å². The summed E-state index contributed by atoms with van der Waals surface area (Å²) >= 11 is 0. The van der Waals surface area contributed by atoms with Gasteiger partial charge < -0.3 is 15.4 Å². The standard InChI is InChI=1S/C15H24N2O2/c1-3-5-11-17(4-2)15(18)10-12-19-14-8-6-13(16)7-9-14/h6-9H,3-5,10-12,16H2,1-2H3. The molecule has 0 atom stereocenters. The third-order valence-corrected chi connectivity index (χ3v) is 2.98. The van der Waals surface area contributed by atoms with Crippen molar-refractivity contribution in [3.05, 3.63) is 24.3 Å². The summed E-state index contributed by atoms with van der Waals surface area (Å²) < 4.78 is 5.53. The zero-order valence-corrected chi connectivity index (χ0v) is 11.9. The van der Waals surface area contributed by atoms with E-state index in [4.69, 9.17) is 10.5 Å². The van der Waals surface area contributed by atoms with E-state index in [1.54, 1.807) is 12.1 Å². The molecule has 0 aromatic heterocycles. The number of amides is 1. The summed E-state index contributed by atoms with van der Waals surface area (Å²) in [7, 11) is 0. The second-order valence-electron chi connectivity index (χ2n) is 4.49. The Hall–Kier alpha value is -1.71. The number of rotatable bonds is 8. The van der Waals surface area contributed by atoms with Crippen LogP contribution in [0, 0.1) is 0 Å². The molecular formula is C15H24N2O2. The summed E-state index contributed by atoms with van der Waals surface area (Å²) in [6, 6.07) is 7.20. The van der Waals surface area contributed by atoms with E-state index in [-0.39, 0.29) is 5.91 Å². The number of carbonyl (C=O) groups excluding carboxylic acids is 1. The van der Waals surface area contributed by atoms with Crippen LogP contribution in [0.3, 0.4) is 0 Å². The van der Waals surface area contributed by atoms with E-state index < -0.39 is 0 Å². The van der Waals surface area contributed by atoms with Crippen molar-refractivity contribution in [2.24, 2.45) is 0 Å². The third-order valence-electron chi connectivity index (χ3n) is 2.98. The van der Waals surface area contributed by atoms with Crippen molar-refractivity contribution in [2.75, 3.05) is 25.4 Å². The van der Waals surface area contributed by atoms with Crippen LogP contribution in [-0.4, -0.2) is 30.5 Å². The number of ether oxygens (including phenoxy) is 1. The van der Waals surface area contributed by atoms with Crippen LogP contribution in [0.5, 0.6) is 5.75 Å². The van der Waals surface area contributed by atoms with Gasteiger partial charge in [0, 0.05) is 18.8 Å². The highest BCUT2D eigenvalue weighted by Gasteiger charge is 2.10. The second-order valence-corrected chi connectivity index (χ2v) is 4.49. The van der Waals surface area contributed by atoms with Crippen molar-refractivity contribution in [2.45, 2.75) is 33.1 Å². The number of unbranched alkanes of at least 4 members (excludes halogenated alkanes) is 1. The average molecular weight is 264 g/mol. The molecule has 2 N–H and O–H groups in total. The summed E-state index contributed by atoms with van der Waals surface area (Å²) in [6.45, 7) is 6.15. The van der Waals surface area contributed by atoms with Gasteiger partial charge in [-0.15, -0.1) is 0 Å². The molecule has 4 nitrogen and oxygen atoms in total. The number of nitrogen functional groups attached to an aromatic ring is 1. The number of hydrogen-bond acceptors (Lipinski definition) is 3. The lowest BCUT2D eigenvalue weighted by atomic mass is 10.3. The first-order valence-electron chi connectivity index (χ1n) is 6.93. The number of hydrogen-bond donors (Lipinski definition) is 1. The fourth-order valence-electron chi connectivity index (χ4n) is 1.79. The minimum absolute atomic E-state index is 0.159. The monoisotopic (exact) mass is 264 g/mol. The third kappa shape index (κ3) is 5.64. The van der Waals surface area contributed by atoms with Gasteiger partial charge in [0.15, 0.2) is 0 Å². The van der Waals surface area contributed by atoms with Crippen LogP contribution in [0.2, 0.25) is 0 Å². The molecule has 1 aromatic rings. The van der Waals surface area contributed by atoms with Crippen molar-refractivity contribution in [3.8, 4) is 5.75 Å². The number of carbonyl (C=O) groups is 1. The van der Waals surface area contributed by atoms with E-state index in [0.29, 0.717) is 18.7 Å². The van der Waals surface area contributed by atoms with Crippen molar-refractivity contribution >= 4 is 11.6 Å². The average Bonchev–Trinajstić information content (AvgIpc) is 2.42. The maximum atomic E-state index is 12.0. The number of anilines is 1. The molecule has 0 aliphatic rings. The zero-order valence-electron chi connectivity index (χ0n) is 11.9. The molecule has 19 heavy (non-hydrogen) atoms. The van der Waals surface area contributed by atoms with Gasteiger partial charge >= 0.3 is 0 Å². The molecule has 0 aliphatic heterocycles. The van der Waals surface area contributed by atoms with E-state index >= 15 is 0 Å². The first-order chi connectivity index (χ1) is 9.17. The molecule has 0 saturated carbocycles. The van der Waals surface area contributed by atoms with Gasteiger partial charge in [-0.05, 0) is 37.6 Å². The largest absolute Gasteiger partial charge is 0.493 e. The Bertz CT molecular complexity index is 376. The van der Waals surface area contributed by atoms with Gasteiger partial charge in [0.05, 0.1) is 13.0 Å². The van der Waals surface area contributed by atoms with Gasteiger partial charge in [0.25, 0.3) is 0 Å². The molecule has 0 bridgehead atoms. The first-order valence-corrected chi connectivity index (χ1v) is 6.93.